The molecule has 1 aliphatic heterocycles. The van der Waals surface area contributed by atoms with Gasteiger partial charge in [-0.15, -0.1) is 0 Å². The van der Waals surface area contributed by atoms with Gasteiger partial charge >= 0.3 is 0 Å². The summed E-state index contributed by atoms with van der Waals surface area (Å²) >= 11 is 0. The molecule has 3 rings (SSSR count). The zero-order valence-electron chi connectivity index (χ0n) is 11.8. The molecule has 2 aromatic rings. The summed E-state index contributed by atoms with van der Waals surface area (Å²) in [7, 11) is -0.973. The largest absolute Gasteiger partial charge is 0.359 e. The van der Waals surface area contributed by atoms with E-state index in [1.807, 2.05) is 24.1 Å². The van der Waals surface area contributed by atoms with Gasteiger partial charge in [0.15, 0.2) is 9.84 Å². The van der Waals surface area contributed by atoms with Crippen LogP contribution in [0.25, 0.3) is 10.9 Å². The van der Waals surface area contributed by atoms with Crippen molar-refractivity contribution < 1.29 is 12.8 Å². The molecule has 0 radical (unpaired) electrons. The number of anilines is 1. The fourth-order valence-corrected chi connectivity index (χ4v) is 4.64. The molecule has 112 valence electrons. The SMILES string of the molecule is CN(CC1CCS(=O)(=O)C1)c1ccc2ccc(F)cc2n1. The fraction of sp³-hybridized carbons (Fsp3) is 0.400. The molecule has 1 aromatic carbocycles. The Morgan fingerprint density at radius 2 is 2.10 bits per heavy atom. The lowest BCUT2D eigenvalue weighted by Gasteiger charge is -2.21. The highest BCUT2D eigenvalue weighted by Crippen LogP contribution is 2.23. The fourth-order valence-electron chi connectivity index (χ4n) is 2.79. The Morgan fingerprint density at radius 1 is 1.33 bits per heavy atom. The van der Waals surface area contributed by atoms with Crippen molar-refractivity contribution in [3.05, 3.63) is 36.1 Å². The lowest BCUT2D eigenvalue weighted by Crippen LogP contribution is -2.26. The van der Waals surface area contributed by atoms with Crippen LogP contribution in [0.1, 0.15) is 6.42 Å². The molecular formula is C15H17FN2O2S. The first-order chi connectivity index (χ1) is 9.93. The zero-order valence-corrected chi connectivity index (χ0v) is 12.6. The van der Waals surface area contributed by atoms with Crippen molar-refractivity contribution in [3.8, 4) is 0 Å². The van der Waals surface area contributed by atoms with Gasteiger partial charge < -0.3 is 4.90 Å². The Bertz CT molecular complexity index is 776. The van der Waals surface area contributed by atoms with Gasteiger partial charge in [-0.3, -0.25) is 0 Å². The molecule has 0 bridgehead atoms. The van der Waals surface area contributed by atoms with E-state index < -0.39 is 9.84 Å². The van der Waals surface area contributed by atoms with Crippen LogP contribution in [0.3, 0.4) is 0 Å². The van der Waals surface area contributed by atoms with E-state index in [1.165, 1.54) is 12.1 Å². The van der Waals surface area contributed by atoms with Gasteiger partial charge in [0.05, 0.1) is 17.0 Å². The van der Waals surface area contributed by atoms with Crippen LogP contribution in [0.2, 0.25) is 0 Å². The van der Waals surface area contributed by atoms with E-state index >= 15 is 0 Å². The van der Waals surface area contributed by atoms with Crippen LogP contribution in [0.5, 0.6) is 0 Å². The van der Waals surface area contributed by atoms with Crippen molar-refractivity contribution >= 4 is 26.6 Å². The number of pyridine rings is 1. The Kier molecular flexibility index (Phi) is 3.57. The average Bonchev–Trinajstić information content (AvgIpc) is 2.77. The van der Waals surface area contributed by atoms with Crippen LogP contribution in [0, 0.1) is 11.7 Å². The molecule has 2 heterocycles. The van der Waals surface area contributed by atoms with E-state index in [0.29, 0.717) is 18.5 Å². The highest BCUT2D eigenvalue weighted by molar-refractivity contribution is 7.91. The molecule has 1 unspecified atom stereocenters. The Labute approximate surface area is 123 Å². The van der Waals surface area contributed by atoms with E-state index in [2.05, 4.69) is 4.98 Å². The molecule has 1 aromatic heterocycles. The van der Waals surface area contributed by atoms with E-state index in [-0.39, 0.29) is 23.2 Å². The number of halogens is 1. The molecule has 0 saturated carbocycles. The van der Waals surface area contributed by atoms with E-state index in [4.69, 9.17) is 0 Å². The monoisotopic (exact) mass is 308 g/mol. The second-order valence-electron chi connectivity index (χ2n) is 5.66. The van der Waals surface area contributed by atoms with Crippen molar-refractivity contribution in [2.45, 2.75) is 6.42 Å². The molecule has 1 atom stereocenters. The lowest BCUT2D eigenvalue weighted by atomic mass is 10.1. The number of hydrogen-bond acceptors (Lipinski definition) is 4. The summed E-state index contributed by atoms with van der Waals surface area (Å²) in [5.74, 6) is 1.10. The predicted octanol–water partition coefficient (Wildman–Crippen LogP) is 2.24. The quantitative estimate of drug-likeness (QED) is 0.872. The van der Waals surface area contributed by atoms with Crippen LogP contribution >= 0.6 is 0 Å². The van der Waals surface area contributed by atoms with Crippen LogP contribution < -0.4 is 4.90 Å². The third-order valence-corrected chi connectivity index (χ3v) is 5.73. The number of hydrogen-bond donors (Lipinski definition) is 0. The molecule has 6 heteroatoms. The van der Waals surface area contributed by atoms with Crippen LogP contribution in [0.4, 0.5) is 10.2 Å². The number of aromatic nitrogens is 1. The molecular weight excluding hydrogens is 291 g/mol. The van der Waals surface area contributed by atoms with E-state index in [0.717, 1.165) is 11.2 Å². The minimum Gasteiger partial charge on any atom is -0.359 e. The summed E-state index contributed by atoms with van der Waals surface area (Å²) < 4.78 is 36.3. The average molecular weight is 308 g/mol. The summed E-state index contributed by atoms with van der Waals surface area (Å²) in [6.45, 7) is 0.646. The van der Waals surface area contributed by atoms with Crippen molar-refractivity contribution in [1.29, 1.82) is 0 Å². The molecule has 0 spiro atoms. The van der Waals surface area contributed by atoms with Crippen LogP contribution in [0.15, 0.2) is 30.3 Å². The molecule has 1 fully saturated rings. The normalized spacial score (nSPS) is 20.8. The van der Waals surface area contributed by atoms with Crippen LogP contribution in [-0.4, -0.2) is 38.5 Å². The standard InChI is InChI=1S/C15H17FN2O2S/c1-18(9-11-6-7-21(19,20)10-11)15-5-3-12-2-4-13(16)8-14(12)17-15/h2-5,8,11H,6-7,9-10H2,1H3. The molecule has 4 nitrogen and oxygen atoms in total. The first-order valence-corrected chi connectivity index (χ1v) is 8.73. The molecule has 0 aliphatic carbocycles. The van der Waals surface area contributed by atoms with E-state index in [9.17, 15) is 12.8 Å². The van der Waals surface area contributed by atoms with Crippen LogP contribution in [-0.2, 0) is 9.84 Å². The highest BCUT2D eigenvalue weighted by Gasteiger charge is 2.28. The molecule has 1 aliphatic rings. The maximum absolute atomic E-state index is 13.3. The van der Waals surface area contributed by atoms with Gasteiger partial charge in [-0.1, -0.05) is 0 Å². The predicted molar refractivity (Wildman–Crippen MR) is 81.7 cm³/mol. The summed E-state index contributed by atoms with van der Waals surface area (Å²) in [5.41, 5.74) is 0.610. The van der Waals surface area contributed by atoms with Gasteiger partial charge in [-0.05, 0) is 36.6 Å². The van der Waals surface area contributed by atoms with Gasteiger partial charge in [0.25, 0.3) is 0 Å². The first-order valence-electron chi connectivity index (χ1n) is 6.91. The number of fused-ring (bicyclic) bond motifs is 1. The maximum Gasteiger partial charge on any atom is 0.150 e. The topological polar surface area (TPSA) is 50.3 Å². The Morgan fingerprint density at radius 3 is 2.81 bits per heavy atom. The van der Waals surface area contributed by atoms with Crippen molar-refractivity contribution in [1.82, 2.24) is 4.98 Å². The van der Waals surface area contributed by atoms with Crippen molar-refractivity contribution in [2.24, 2.45) is 5.92 Å². The van der Waals surface area contributed by atoms with Gasteiger partial charge in [-0.25, -0.2) is 17.8 Å². The minimum atomic E-state index is -2.86. The van der Waals surface area contributed by atoms with Gasteiger partial charge in [0, 0.05) is 25.0 Å². The highest BCUT2D eigenvalue weighted by atomic mass is 32.2. The summed E-state index contributed by atoms with van der Waals surface area (Å²) in [6.07, 6.45) is 0.703. The van der Waals surface area contributed by atoms with Crippen molar-refractivity contribution in [3.63, 3.8) is 0 Å². The molecule has 1 saturated heterocycles. The number of benzene rings is 1. The summed E-state index contributed by atoms with van der Waals surface area (Å²) in [4.78, 5) is 6.39. The zero-order chi connectivity index (χ0) is 15.0. The van der Waals surface area contributed by atoms with Gasteiger partial charge in [0.2, 0.25) is 0 Å². The first kappa shape index (κ1) is 14.3. The smallest absolute Gasteiger partial charge is 0.150 e. The Balaban J connectivity index is 1.80. The van der Waals surface area contributed by atoms with E-state index in [1.54, 1.807) is 6.07 Å². The maximum atomic E-state index is 13.3. The summed E-state index contributed by atoms with van der Waals surface area (Å²) in [5, 5.41) is 0.886. The second kappa shape index (κ2) is 5.26. The minimum absolute atomic E-state index is 0.144. The third kappa shape index (κ3) is 3.15. The molecule has 0 amide bonds. The number of rotatable bonds is 3. The third-order valence-electron chi connectivity index (χ3n) is 3.89. The lowest BCUT2D eigenvalue weighted by molar-refractivity contribution is 0.580. The number of nitrogens with zero attached hydrogens (tertiary/aromatic N) is 2. The molecule has 21 heavy (non-hydrogen) atoms. The Hall–Kier alpha value is -1.69. The summed E-state index contributed by atoms with van der Waals surface area (Å²) in [6, 6.07) is 8.30. The number of sulfone groups is 1. The van der Waals surface area contributed by atoms with Gasteiger partial charge in [-0.2, -0.15) is 0 Å². The molecule has 0 N–H and O–H groups in total. The van der Waals surface area contributed by atoms with Crippen molar-refractivity contribution in [2.75, 3.05) is 30.0 Å². The second-order valence-corrected chi connectivity index (χ2v) is 7.88. The van der Waals surface area contributed by atoms with Gasteiger partial charge in [0.1, 0.15) is 11.6 Å².